The van der Waals surface area contributed by atoms with E-state index in [1.807, 2.05) is 18.3 Å². The number of hydrogen-bond acceptors (Lipinski definition) is 4. The van der Waals surface area contributed by atoms with Crippen molar-refractivity contribution in [2.45, 2.75) is 36.0 Å². The van der Waals surface area contributed by atoms with Gasteiger partial charge in [-0.15, -0.1) is 11.8 Å². The molecule has 1 unspecified atom stereocenters. The maximum Gasteiger partial charge on any atom is 0.234 e. The molecule has 0 spiro atoms. The number of benzene rings is 1. The molecule has 1 N–H and O–H groups in total. The Kier molecular flexibility index (Phi) is 4.43. The summed E-state index contributed by atoms with van der Waals surface area (Å²) in [6, 6.07) is 12.4. The van der Waals surface area contributed by atoms with Crippen LogP contribution in [-0.2, 0) is 17.8 Å². The predicted octanol–water partition coefficient (Wildman–Crippen LogP) is 3.02. The van der Waals surface area contributed by atoms with Crippen molar-refractivity contribution >= 4 is 23.5 Å². The van der Waals surface area contributed by atoms with Gasteiger partial charge < -0.3 is 10.2 Å². The highest BCUT2D eigenvalue weighted by molar-refractivity contribution is 8.01. The lowest BCUT2D eigenvalue weighted by atomic mass is 10.1. The number of fused-ring (bicyclic) bond motifs is 1. The van der Waals surface area contributed by atoms with Crippen LogP contribution in [-0.4, -0.2) is 29.2 Å². The molecule has 2 aromatic rings. The summed E-state index contributed by atoms with van der Waals surface area (Å²) in [7, 11) is 0. The first-order chi connectivity index (χ1) is 11.8. The number of thioether (sulfide) groups is 1. The molecule has 1 aromatic carbocycles. The van der Waals surface area contributed by atoms with Crippen LogP contribution in [0.3, 0.4) is 0 Å². The number of rotatable bonds is 4. The van der Waals surface area contributed by atoms with Crippen LogP contribution in [0.2, 0.25) is 0 Å². The lowest BCUT2D eigenvalue weighted by Crippen LogP contribution is -2.32. The molecule has 5 heteroatoms. The van der Waals surface area contributed by atoms with E-state index in [1.54, 1.807) is 11.8 Å². The number of carbonyl (C=O) groups excluding carboxylic acids is 1. The second kappa shape index (κ2) is 6.85. The number of carbonyl (C=O) groups is 1. The van der Waals surface area contributed by atoms with E-state index in [1.165, 1.54) is 23.3 Å². The summed E-state index contributed by atoms with van der Waals surface area (Å²) in [4.78, 5) is 20.5. The molecule has 0 saturated carbocycles. The van der Waals surface area contributed by atoms with Crippen molar-refractivity contribution in [3.8, 4) is 0 Å². The molecule has 124 valence electrons. The van der Waals surface area contributed by atoms with Crippen molar-refractivity contribution in [3.05, 3.63) is 53.7 Å². The maximum absolute atomic E-state index is 12.4. The van der Waals surface area contributed by atoms with E-state index in [2.05, 4.69) is 39.5 Å². The van der Waals surface area contributed by atoms with Gasteiger partial charge in [-0.1, -0.05) is 24.3 Å². The standard InChI is InChI=1S/C19H21N3OS/c23-19(17-11-15-5-1-2-6-16(15)24-17)21-13-14-7-8-18(20-12-14)22-9-3-4-10-22/h1-2,5-8,12,17H,3-4,9-11,13H2,(H,21,23). The fourth-order valence-electron chi connectivity index (χ4n) is 3.29. The minimum Gasteiger partial charge on any atom is -0.357 e. The summed E-state index contributed by atoms with van der Waals surface area (Å²) >= 11 is 1.66. The zero-order valence-electron chi connectivity index (χ0n) is 13.6. The third-order valence-corrected chi connectivity index (χ3v) is 5.96. The molecule has 4 nitrogen and oxygen atoms in total. The lowest BCUT2D eigenvalue weighted by Gasteiger charge is -2.16. The molecular formula is C19H21N3OS. The molecule has 24 heavy (non-hydrogen) atoms. The number of pyridine rings is 1. The molecule has 0 radical (unpaired) electrons. The largest absolute Gasteiger partial charge is 0.357 e. The van der Waals surface area contributed by atoms with E-state index in [0.717, 1.165) is 30.9 Å². The molecule has 1 aromatic heterocycles. The van der Waals surface area contributed by atoms with Crippen molar-refractivity contribution in [2.75, 3.05) is 18.0 Å². The van der Waals surface area contributed by atoms with Crippen LogP contribution in [0.25, 0.3) is 0 Å². The minimum absolute atomic E-state index is 0.0146. The fraction of sp³-hybridized carbons (Fsp3) is 0.368. The summed E-state index contributed by atoms with van der Waals surface area (Å²) in [5, 5.41) is 3.04. The van der Waals surface area contributed by atoms with E-state index in [9.17, 15) is 4.79 Å². The number of amides is 1. The van der Waals surface area contributed by atoms with Crippen molar-refractivity contribution in [3.63, 3.8) is 0 Å². The van der Waals surface area contributed by atoms with Crippen molar-refractivity contribution < 1.29 is 4.79 Å². The van der Waals surface area contributed by atoms with Crippen molar-refractivity contribution in [1.29, 1.82) is 0 Å². The number of anilines is 1. The quantitative estimate of drug-likeness (QED) is 0.930. The first-order valence-corrected chi connectivity index (χ1v) is 9.40. The van der Waals surface area contributed by atoms with Gasteiger partial charge >= 0.3 is 0 Å². The predicted molar refractivity (Wildman–Crippen MR) is 97.3 cm³/mol. The Bertz CT molecular complexity index is 701. The van der Waals surface area contributed by atoms with E-state index < -0.39 is 0 Å². The van der Waals surface area contributed by atoms with Gasteiger partial charge in [0.05, 0.1) is 5.25 Å². The van der Waals surface area contributed by atoms with Gasteiger partial charge in [0.2, 0.25) is 5.91 Å². The monoisotopic (exact) mass is 339 g/mol. The van der Waals surface area contributed by atoms with Gasteiger partial charge in [-0.3, -0.25) is 4.79 Å². The van der Waals surface area contributed by atoms with Crippen LogP contribution < -0.4 is 10.2 Å². The molecule has 1 saturated heterocycles. The van der Waals surface area contributed by atoms with E-state index in [4.69, 9.17) is 0 Å². The summed E-state index contributed by atoms with van der Waals surface area (Å²) in [6.07, 6.45) is 5.20. The number of nitrogens with zero attached hydrogens (tertiary/aromatic N) is 2. The number of hydrogen-bond donors (Lipinski definition) is 1. The second-order valence-electron chi connectivity index (χ2n) is 6.35. The molecular weight excluding hydrogens is 318 g/mol. The minimum atomic E-state index is -0.0146. The molecule has 0 bridgehead atoms. The van der Waals surface area contributed by atoms with E-state index >= 15 is 0 Å². The zero-order valence-corrected chi connectivity index (χ0v) is 14.4. The smallest absolute Gasteiger partial charge is 0.234 e. The summed E-state index contributed by atoms with van der Waals surface area (Å²) in [5.74, 6) is 1.16. The third kappa shape index (κ3) is 3.26. The third-order valence-electron chi connectivity index (χ3n) is 4.65. The normalized spacial score (nSPS) is 19.3. The highest BCUT2D eigenvalue weighted by Crippen LogP contribution is 2.36. The van der Waals surface area contributed by atoms with Gasteiger partial charge in [0, 0.05) is 30.7 Å². The van der Waals surface area contributed by atoms with Gasteiger partial charge in [0.1, 0.15) is 5.82 Å². The first kappa shape index (κ1) is 15.5. The molecule has 0 aliphatic carbocycles. The van der Waals surface area contributed by atoms with Gasteiger partial charge in [-0.25, -0.2) is 4.98 Å². The summed E-state index contributed by atoms with van der Waals surface area (Å²) in [5.41, 5.74) is 2.33. The van der Waals surface area contributed by atoms with Crippen LogP contribution in [0.1, 0.15) is 24.0 Å². The van der Waals surface area contributed by atoms with Gasteiger partial charge in [-0.2, -0.15) is 0 Å². The maximum atomic E-state index is 12.4. The number of nitrogens with one attached hydrogen (secondary N) is 1. The van der Waals surface area contributed by atoms with Crippen LogP contribution in [0.5, 0.6) is 0 Å². The molecule has 1 fully saturated rings. The van der Waals surface area contributed by atoms with E-state index in [-0.39, 0.29) is 11.2 Å². The van der Waals surface area contributed by atoms with Gasteiger partial charge in [0.15, 0.2) is 0 Å². The summed E-state index contributed by atoms with van der Waals surface area (Å²) in [6.45, 7) is 2.74. The van der Waals surface area contributed by atoms with Crippen LogP contribution >= 0.6 is 11.8 Å². The fourth-order valence-corrected chi connectivity index (χ4v) is 4.51. The molecule has 1 atom stereocenters. The second-order valence-corrected chi connectivity index (χ2v) is 7.60. The Labute approximate surface area is 146 Å². The SMILES string of the molecule is O=C(NCc1ccc(N2CCCC2)nc1)C1Cc2ccccc2S1. The van der Waals surface area contributed by atoms with Gasteiger partial charge in [-0.05, 0) is 42.5 Å². The molecule has 2 aliphatic heterocycles. The Morgan fingerprint density at radius 2 is 2.04 bits per heavy atom. The average Bonchev–Trinajstić information content (AvgIpc) is 3.29. The lowest BCUT2D eigenvalue weighted by molar-refractivity contribution is -0.120. The first-order valence-electron chi connectivity index (χ1n) is 8.52. The Balaban J connectivity index is 1.31. The molecule has 1 amide bonds. The van der Waals surface area contributed by atoms with Crippen LogP contribution in [0.15, 0.2) is 47.5 Å². The topological polar surface area (TPSA) is 45.2 Å². The van der Waals surface area contributed by atoms with Crippen LogP contribution in [0, 0.1) is 0 Å². The Morgan fingerprint density at radius 3 is 2.79 bits per heavy atom. The highest BCUT2D eigenvalue weighted by Gasteiger charge is 2.27. The number of aromatic nitrogens is 1. The van der Waals surface area contributed by atoms with Crippen molar-refractivity contribution in [2.24, 2.45) is 0 Å². The van der Waals surface area contributed by atoms with Gasteiger partial charge in [0.25, 0.3) is 0 Å². The van der Waals surface area contributed by atoms with Crippen molar-refractivity contribution in [1.82, 2.24) is 10.3 Å². The Hall–Kier alpha value is -2.01. The van der Waals surface area contributed by atoms with E-state index in [0.29, 0.717) is 6.54 Å². The summed E-state index contributed by atoms with van der Waals surface area (Å²) < 4.78 is 0. The zero-order chi connectivity index (χ0) is 16.4. The molecule has 4 rings (SSSR count). The Morgan fingerprint density at radius 1 is 1.21 bits per heavy atom. The molecule has 2 aliphatic rings. The van der Waals surface area contributed by atoms with Crippen LogP contribution in [0.4, 0.5) is 5.82 Å². The highest BCUT2D eigenvalue weighted by atomic mass is 32.2. The average molecular weight is 339 g/mol. The molecule has 3 heterocycles.